The van der Waals surface area contributed by atoms with Crippen LogP contribution in [0.3, 0.4) is 0 Å². The molecular formula is C16H19N3O4. The maximum atomic E-state index is 12.5. The molecule has 122 valence electrons. The molecule has 0 bridgehead atoms. The molecule has 23 heavy (non-hydrogen) atoms. The minimum absolute atomic E-state index is 0.0490. The van der Waals surface area contributed by atoms with Crippen LogP contribution < -0.4 is 5.56 Å². The molecule has 0 aromatic carbocycles. The van der Waals surface area contributed by atoms with Crippen LogP contribution in [0.15, 0.2) is 33.7 Å². The third-order valence-electron chi connectivity index (χ3n) is 4.14. The van der Waals surface area contributed by atoms with Crippen LogP contribution in [0.5, 0.6) is 0 Å². The van der Waals surface area contributed by atoms with Crippen molar-refractivity contribution >= 4 is 5.91 Å². The summed E-state index contributed by atoms with van der Waals surface area (Å²) < 4.78 is 10.8. The van der Waals surface area contributed by atoms with Crippen molar-refractivity contribution in [3.8, 4) is 0 Å². The van der Waals surface area contributed by atoms with Crippen molar-refractivity contribution in [3.63, 3.8) is 0 Å². The highest BCUT2D eigenvalue weighted by Crippen LogP contribution is 2.25. The average molecular weight is 317 g/mol. The molecule has 1 aliphatic rings. The van der Waals surface area contributed by atoms with Gasteiger partial charge in [-0.1, -0.05) is 5.16 Å². The minimum atomic E-state index is -0.226. The summed E-state index contributed by atoms with van der Waals surface area (Å²) in [6.07, 6.45) is 2.07. The van der Waals surface area contributed by atoms with Crippen molar-refractivity contribution in [3.05, 3.63) is 51.8 Å². The molecule has 1 aliphatic heterocycles. The number of carbonyl (C=O) groups is 1. The number of aryl methyl sites for hydroxylation is 1. The van der Waals surface area contributed by atoms with Crippen LogP contribution in [0.2, 0.25) is 0 Å². The fourth-order valence-corrected chi connectivity index (χ4v) is 2.97. The second kappa shape index (κ2) is 6.37. The highest BCUT2D eigenvalue weighted by Gasteiger charge is 2.36. The number of ether oxygens (including phenoxy) is 1. The number of H-pyrrole nitrogens is 1. The van der Waals surface area contributed by atoms with E-state index in [1.54, 1.807) is 12.0 Å². The summed E-state index contributed by atoms with van der Waals surface area (Å²) in [6, 6.07) is 4.79. The Hall–Kier alpha value is -2.41. The molecule has 7 heteroatoms. The van der Waals surface area contributed by atoms with E-state index in [9.17, 15) is 9.59 Å². The number of methoxy groups -OCH3 is 1. The zero-order chi connectivity index (χ0) is 16.4. The van der Waals surface area contributed by atoms with E-state index in [0.29, 0.717) is 25.1 Å². The Bertz CT molecular complexity index is 731. The third-order valence-corrected chi connectivity index (χ3v) is 4.14. The van der Waals surface area contributed by atoms with E-state index < -0.39 is 0 Å². The molecule has 0 saturated carbocycles. The summed E-state index contributed by atoms with van der Waals surface area (Å²) in [5.41, 5.74) is 1.08. The van der Waals surface area contributed by atoms with Crippen molar-refractivity contribution in [1.29, 1.82) is 0 Å². The van der Waals surface area contributed by atoms with Crippen molar-refractivity contribution < 1.29 is 14.1 Å². The number of carbonyl (C=O) groups excluding carboxylic acids is 1. The Morgan fingerprint density at radius 2 is 2.30 bits per heavy atom. The molecule has 3 rings (SSSR count). The summed E-state index contributed by atoms with van der Waals surface area (Å²) in [6.45, 7) is 2.98. The smallest absolute Gasteiger partial charge is 0.255 e. The number of pyridine rings is 1. The number of likely N-dealkylation sites (tertiary alicyclic amines) is 1. The predicted octanol–water partition coefficient (Wildman–Crippen LogP) is 1.00. The Kier molecular flexibility index (Phi) is 4.29. The molecule has 3 heterocycles. The van der Waals surface area contributed by atoms with E-state index in [1.165, 1.54) is 18.3 Å². The number of rotatable bonds is 4. The number of aromatic nitrogens is 2. The maximum Gasteiger partial charge on any atom is 0.255 e. The molecule has 1 fully saturated rings. The zero-order valence-electron chi connectivity index (χ0n) is 13.1. The fourth-order valence-electron chi connectivity index (χ4n) is 2.97. The lowest BCUT2D eigenvalue weighted by atomic mass is 10.0. The Morgan fingerprint density at radius 3 is 2.91 bits per heavy atom. The molecule has 0 aliphatic carbocycles. The number of nitrogens with zero attached hydrogens (tertiary/aromatic N) is 2. The molecule has 0 unspecified atom stereocenters. The average Bonchev–Trinajstić information content (AvgIpc) is 3.14. The van der Waals surface area contributed by atoms with Gasteiger partial charge in [0.2, 0.25) is 5.56 Å². The van der Waals surface area contributed by atoms with Gasteiger partial charge in [-0.05, 0) is 13.0 Å². The largest absolute Gasteiger partial charge is 0.379 e. The van der Waals surface area contributed by atoms with Crippen LogP contribution in [-0.4, -0.2) is 47.3 Å². The van der Waals surface area contributed by atoms with Crippen LogP contribution in [0.4, 0.5) is 0 Å². The lowest BCUT2D eigenvalue weighted by Crippen LogP contribution is -2.30. The van der Waals surface area contributed by atoms with Crippen LogP contribution in [0.25, 0.3) is 0 Å². The highest BCUT2D eigenvalue weighted by molar-refractivity contribution is 5.94. The summed E-state index contributed by atoms with van der Waals surface area (Å²) >= 11 is 0. The minimum Gasteiger partial charge on any atom is -0.379 e. The monoisotopic (exact) mass is 317 g/mol. The Labute approximate surface area is 133 Å². The second-order valence-corrected chi connectivity index (χ2v) is 5.82. The molecule has 2 aromatic rings. The lowest BCUT2D eigenvalue weighted by molar-refractivity contribution is 0.0672. The number of amides is 1. The molecule has 0 radical (unpaired) electrons. The van der Waals surface area contributed by atoms with Crippen molar-refractivity contribution in [2.75, 3.05) is 20.2 Å². The van der Waals surface area contributed by atoms with Gasteiger partial charge in [-0.25, -0.2) is 0 Å². The van der Waals surface area contributed by atoms with Gasteiger partial charge in [0.15, 0.2) is 0 Å². The molecule has 2 aromatic heterocycles. The Morgan fingerprint density at radius 1 is 1.48 bits per heavy atom. The first-order valence-corrected chi connectivity index (χ1v) is 7.50. The van der Waals surface area contributed by atoms with Gasteiger partial charge in [0.05, 0.1) is 17.4 Å². The SMILES string of the molecule is CO[C@H]1CN(C(=O)c2ccc(=O)[nH]c2)C[C@H]1Cc1cc(C)no1. The summed E-state index contributed by atoms with van der Waals surface area (Å²) in [4.78, 5) is 27.9. The number of nitrogens with one attached hydrogen (secondary N) is 1. The molecule has 2 atom stereocenters. The lowest BCUT2D eigenvalue weighted by Gasteiger charge is -2.15. The van der Waals surface area contributed by atoms with Gasteiger partial charge in [0, 0.05) is 50.9 Å². The van der Waals surface area contributed by atoms with E-state index in [2.05, 4.69) is 10.1 Å². The first-order valence-electron chi connectivity index (χ1n) is 7.50. The Balaban J connectivity index is 1.71. The van der Waals surface area contributed by atoms with Crippen molar-refractivity contribution in [2.45, 2.75) is 19.4 Å². The number of hydrogen-bond donors (Lipinski definition) is 1. The van der Waals surface area contributed by atoms with Crippen molar-refractivity contribution in [2.24, 2.45) is 5.92 Å². The summed E-state index contributed by atoms with van der Waals surface area (Å²) in [5, 5.41) is 3.89. The van der Waals surface area contributed by atoms with Crippen LogP contribution >= 0.6 is 0 Å². The standard InChI is InChI=1S/C16H19N3O4/c1-10-5-13(23-18-10)6-12-8-19(9-14(12)22-2)16(21)11-3-4-15(20)17-7-11/h3-5,7,12,14H,6,8-9H2,1-2H3,(H,17,20)/t12-,14+/m1/s1. The van der Waals surface area contributed by atoms with Gasteiger partial charge < -0.3 is 19.1 Å². The van der Waals surface area contributed by atoms with Crippen LogP contribution in [0.1, 0.15) is 21.8 Å². The molecule has 1 saturated heterocycles. The van der Waals surface area contributed by atoms with Crippen LogP contribution in [-0.2, 0) is 11.2 Å². The first-order chi connectivity index (χ1) is 11.1. The van der Waals surface area contributed by atoms with E-state index in [0.717, 1.165) is 11.5 Å². The van der Waals surface area contributed by atoms with Gasteiger partial charge in [-0.15, -0.1) is 0 Å². The fraction of sp³-hybridized carbons (Fsp3) is 0.438. The summed E-state index contributed by atoms with van der Waals surface area (Å²) in [7, 11) is 1.65. The van der Waals surface area contributed by atoms with E-state index in [-0.39, 0.29) is 23.5 Å². The topological polar surface area (TPSA) is 88.4 Å². The molecular weight excluding hydrogens is 298 g/mol. The van der Waals surface area contributed by atoms with Crippen LogP contribution in [0, 0.1) is 12.8 Å². The third kappa shape index (κ3) is 3.34. The van der Waals surface area contributed by atoms with Gasteiger partial charge in [0.25, 0.3) is 5.91 Å². The molecule has 1 N–H and O–H groups in total. The number of aromatic amines is 1. The predicted molar refractivity (Wildman–Crippen MR) is 82.2 cm³/mol. The van der Waals surface area contributed by atoms with Crippen molar-refractivity contribution in [1.82, 2.24) is 15.0 Å². The van der Waals surface area contributed by atoms with Gasteiger partial charge in [-0.2, -0.15) is 0 Å². The van der Waals surface area contributed by atoms with E-state index in [1.807, 2.05) is 13.0 Å². The van der Waals surface area contributed by atoms with E-state index >= 15 is 0 Å². The van der Waals surface area contributed by atoms with Gasteiger partial charge >= 0.3 is 0 Å². The summed E-state index contributed by atoms with van der Waals surface area (Å²) in [5.74, 6) is 0.839. The van der Waals surface area contributed by atoms with Gasteiger partial charge in [-0.3, -0.25) is 9.59 Å². The first kappa shape index (κ1) is 15.5. The normalized spacial score (nSPS) is 20.9. The number of hydrogen-bond acceptors (Lipinski definition) is 5. The quantitative estimate of drug-likeness (QED) is 0.909. The zero-order valence-corrected chi connectivity index (χ0v) is 13.1. The highest BCUT2D eigenvalue weighted by atomic mass is 16.5. The molecule has 7 nitrogen and oxygen atoms in total. The second-order valence-electron chi connectivity index (χ2n) is 5.82. The molecule has 0 spiro atoms. The van der Waals surface area contributed by atoms with Gasteiger partial charge in [0.1, 0.15) is 5.76 Å². The molecule has 1 amide bonds. The maximum absolute atomic E-state index is 12.5. The van der Waals surface area contributed by atoms with E-state index in [4.69, 9.17) is 9.26 Å².